The second-order valence-electron chi connectivity index (χ2n) is 6.98. The van der Waals surface area contributed by atoms with Crippen LogP contribution in [0, 0.1) is 11.3 Å². The molecule has 0 radical (unpaired) electrons. The number of imide groups is 1. The minimum atomic E-state index is -0.475. The van der Waals surface area contributed by atoms with Gasteiger partial charge in [-0.2, -0.15) is 5.26 Å². The molecule has 0 spiro atoms. The van der Waals surface area contributed by atoms with E-state index in [-0.39, 0.29) is 11.5 Å². The smallest absolute Gasteiger partial charge is 0.271 e. The molecule has 2 amide bonds. The Labute approximate surface area is 161 Å². The van der Waals surface area contributed by atoms with Gasteiger partial charge in [0.25, 0.3) is 11.8 Å². The number of nitrogens with zero attached hydrogens (tertiary/aromatic N) is 3. The van der Waals surface area contributed by atoms with Crippen molar-refractivity contribution in [3.8, 4) is 6.07 Å². The van der Waals surface area contributed by atoms with E-state index in [9.17, 15) is 14.9 Å². The number of hydrogen-bond acceptors (Lipinski definition) is 4. The molecular formula is C22H27N3O2. The molecule has 0 fully saturated rings. The van der Waals surface area contributed by atoms with Crippen LogP contribution in [0.3, 0.4) is 0 Å². The summed E-state index contributed by atoms with van der Waals surface area (Å²) in [6.07, 6.45) is 5.63. The average Bonchev–Trinajstić information content (AvgIpc) is 2.65. The lowest BCUT2D eigenvalue weighted by Crippen LogP contribution is -2.43. The van der Waals surface area contributed by atoms with E-state index in [2.05, 4.69) is 6.92 Å². The lowest BCUT2D eigenvalue weighted by atomic mass is 9.93. The summed E-state index contributed by atoms with van der Waals surface area (Å²) < 4.78 is 0. The molecule has 1 aliphatic heterocycles. The molecule has 0 aliphatic carbocycles. The quantitative estimate of drug-likeness (QED) is 0.417. The molecule has 2 rings (SSSR count). The summed E-state index contributed by atoms with van der Waals surface area (Å²) >= 11 is 0. The fourth-order valence-corrected chi connectivity index (χ4v) is 3.06. The number of carbonyl (C=O) groups excluding carboxylic acids is 2. The Kier molecular flexibility index (Phi) is 6.95. The predicted molar refractivity (Wildman–Crippen MR) is 108 cm³/mol. The Morgan fingerprint density at radius 2 is 1.74 bits per heavy atom. The van der Waals surface area contributed by atoms with Gasteiger partial charge in [-0.15, -0.1) is 0 Å². The zero-order valence-electron chi connectivity index (χ0n) is 16.6. The largest absolute Gasteiger partial charge is 0.378 e. The van der Waals surface area contributed by atoms with Gasteiger partial charge in [-0.25, -0.2) is 0 Å². The molecule has 1 aromatic carbocycles. The maximum absolute atomic E-state index is 12.9. The van der Waals surface area contributed by atoms with E-state index < -0.39 is 5.91 Å². The standard InChI is InChI=1S/C22H27N3O2/c1-5-6-7-8-13-25-21(26)19(16(2)20(15-23)22(25)27)14-17-9-11-18(12-10-17)24(3)4/h9-12,14H,5-8,13H2,1-4H3/b19-14-. The van der Waals surface area contributed by atoms with Crippen molar-refractivity contribution in [1.82, 2.24) is 4.90 Å². The van der Waals surface area contributed by atoms with Crippen molar-refractivity contribution < 1.29 is 9.59 Å². The number of anilines is 1. The van der Waals surface area contributed by atoms with Gasteiger partial charge >= 0.3 is 0 Å². The van der Waals surface area contributed by atoms with Gasteiger partial charge in [0, 0.05) is 31.9 Å². The molecule has 0 atom stereocenters. The number of benzene rings is 1. The van der Waals surface area contributed by atoms with Crippen LogP contribution in [0.15, 0.2) is 41.0 Å². The fourth-order valence-electron chi connectivity index (χ4n) is 3.06. The first-order chi connectivity index (χ1) is 12.9. The summed E-state index contributed by atoms with van der Waals surface area (Å²) in [6, 6.07) is 9.78. The van der Waals surface area contributed by atoms with Gasteiger partial charge in [0.05, 0.1) is 0 Å². The Morgan fingerprint density at radius 1 is 1.07 bits per heavy atom. The summed E-state index contributed by atoms with van der Waals surface area (Å²) in [7, 11) is 3.93. The molecule has 142 valence electrons. The number of rotatable bonds is 7. The van der Waals surface area contributed by atoms with Gasteiger partial charge in [-0.1, -0.05) is 38.3 Å². The summed E-state index contributed by atoms with van der Waals surface area (Å²) in [4.78, 5) is 28.7. The van der Waals surface area contributed by atoms with Gasteiger partial charge in [0.15, 0.2) is 0 Å². The third kappa shape index (κ3) is 4.65. The minimum Gasteiger partial charge on any atom is -0.378 e. The van der Waals surface area contributed by atoms with Gasteiger partial charge < -0.3 is 4.90 Å². The lowest BCUT2D eigenvalue weighted by Gasteiger charge is -2.27. The van der Waals surface area contributed by atoms with Crippen LogP contribution in [0.25, 0.3) is 6.08 Å². The maximum Gasteiger partial charge on any atom is 0.271 e. The monoisotopic (exact) mass is 365 g/mol. The van der Waals surface area contributed by atoms with Crippen LogP contribution >= 0.6 is 0 Å². The van der Waals surface area contributed by atoms with Crippen LogP contribution < -0.4 is 4.90 Å². The first kappa shape index (κ1) is 20.4. The van der Waals surface area contributed by atoms with Crippen molar-refractivity contribution in [2.45, 2.75) is 39.5 Å². The lowest BCUT2D eigenvalue weighted by molar-refractivity contribution is -0.140. The molecule has 0 aromatic heterocycles. The van der Waals surface area contributed by atoms with Crippen LogP contribution in [0.2, 0.25) is 0 Å². The number of unbranched alkanes of at least 4 members (excludes halogenated alkanes) is 3. The second kappa shape index (κ2) is 9.18. The molecule has 0 saturated heterocycles. The van der Waals surface area contributed by atoms with Crippen molar-refractivity contribution in [2.24, 2.45) is 0 Å². The molecule has 0 bridgehead atoms. The second-order valence-corrected chi connectivity index (χ2v) is 6.98. The summed E-state index contributed by atoms with van der Waals surface area (Å²) in [5.41, 5.74) is 2.85. The first-order valence-electron chi connectivity index (χ1n) is 9.37. The van der Waals surface area contributed by atoms with E-state index in [0.717, 1.165) is 36.9 Å². The third-order valence-corrected chi connectivity index (χ3v) is 4.78. The first-order valence-corrected chi connectivity index (χ1v) is 9.37. The number of amides is 2. The third-order valence-electron chi connectivity index (χ3n) is 4.78. The molecule has 5 heteroatoms. The zero-order valence-corrected chi connectivity index (χ0v) is 16.6. The number of carbonyl (C=O) groups is 2. The van der Waals surface area contributed by atoms with Crippen molar-refractivity contribution >= 4 is 23.6 Å². The van der Waals surface area contributed by atoms with Crippen LogP contribution in [-0.4, -0.2) is 37.4 Å². The molecule has 1 aromatic rings. The summed E-state index contributed by atoms with van der Waals surface area (Å²) in [5.74, 6) is -0.790. The van der Waals surface area contributed by atoms with Crippen molar-refractivity contribution in [1.29, 1.82) is 5.26 Å². The molecule has 0 saturated carbocycles. The Morgan fingerprint density at radius 3 is 2.30 bits per heavy atom. The normalized spacial score (nSPS) is 16.1. The van der Waals surface area contributed by atoms with Crippen LogP contribution in [-0.2, 0) is 9.59 Å². The molecular weight excluding hydrogens is 338 g/mol. The van der Waals surface area contributed by atoms with Crippen LogP contribution in [0.1, 0.15) is 45.1 Å². The van der Waals surface area contributed by atoms with E-state index in [1.54, 1.807) is 13.0 Å². The van der Waals surface area contributed by atoms with Gasteiger partial charge in [0.2, 0.25) is 0 Å². The minimum absolute atomic E-state index is 0.0567. The average molecular weight is 365 g/mol. The topological polar surface area (TPSA) is 64.4 Å². The highest BCUT2D eigenvalue weighted by atomic mass is 16.2. The predicted octanol–water partition coefficient (Wildman–Crippen LogP) is 3.93. The van der Waals surface area contributed by atoms with Crippen molar-refractivity contribution in [3.63, 3.8) is 0 Å². The molecule has 0 unspecified atom stereocenters. The van der Waals surface area contributed by atoms with E-state index in [1.807, 2.05) is 49.3 Å². The van der Waals surface area contributed by atoms with E-state index in [1.165, 1.54) is 4.90 Å². The Bertz CT molecular complexity index is 811. The maximum atomic E-state index is 12.9. The number of hydrogen-bond donors (Lipinski definition) is 0. The van der Waals surface area contributed by atoms with Crippen molar-refractivity contribution in [3.05, 3.63) is 46.5 Å². The summed E-state index contributed by atoms with van der Waals surface area (Å²) in [6.45, 7) is 4.13. The molecule has 1 aliphatic rings. The highest BCUT2D eigenvalue weighted by Crippen LogP contribution is 2.27. The Hall–Kier alpha value is -2.87. The Balaban J connectivity index is 2.35. The molecule has 1 heterocycles. The van der Waals surface area contributed by atoms with Crippen LogP contribution in [0.4, 0.5) is 5.69 Å². The van der Waals surface area contributed by atoms with E-state index in [0.29, 0.717) is 17.7 Å². The SMILES string of the molecule is CCCCCCN1C(=O)C(C#N)=C(C)/C(=C/c2ccc(N(C)C)cc2)C1=O. The molecule has 5 nitrogen and oxygen atoms in total. The van der Waals surface area contributed by atoms with Gasteiger partial charge in [0.1, 0.15) is 11.6 Å². The van der Waals surface area contributed by atoms with Gasteiger partial charge in [-0.05, 0) is 42.7 Å². The van der Waals surface area contributed by atoms with Crippen molar-refractivity contribution in [2.75, 3.05) is 25.5 Å². The zero-order chi connectivity index (χ0) is 20.0. The highest BCUT2D eigenvalue weighted by Gasteiger charge is 2.34. The van der Waals surface area contributed by atoms with Crippen LogP contribution in [0.5, 0.6) is 0 Å². The fraction of sp³-hybridized carbons (Fsp3) is 0.409. The molecule has 27 heavy (non-hydrogen) atoms. The highest BCUT2D eigenvalue weighted by molar-refractivity contribution is 6.19. The van der Waals surface area contributed by atoms with E-state index in [4.69, 9.17) is 0 Å². The molecule has 0 N–H and O–H groups in total. The number of nitriles is 1. The summed E-state index contributed by atoms with van der Waals surface area (Å²) in [5, 5.41) is 9.43. The van der Waals surface area contributed by atoms with Gasteiger partial charge in [-0.3, -0.25) is 14.5 Å². The van der Waals surface area contributed by atoms with E-state index >= 15 is 0 Å².